The van der Waals surface area contributed by atoms with E-state index in [1.54, 1.807) is 0 Å². The normalized spacial score (nSPS) is 13.7. The van der Waals surface area contributed by atoms with Crippen molar-refractivity contribution in [2.45, 2.75) is 6.29 Å². The molecule has 1 aliphatic heterocycles. The Morgan fingerprint density at radius 1 is 0.347 bits per heavy atom. The molecule has 0 bridgehead atoms. The molecule has 14 aromatic rings. The average molecular weight is 959 g/mol. The molecule has 0 radical (unpaired) electrons. The summed E-state index contributed by atoms with van der Waals surface area (Å²) < 4.78 is 7.48. The van der Waals surface area contributed by atoms with Crippen LogP contribution in [0.5, 0.6) is 0 Å². The largest absolute Gasteiger partial charge is 0.331 e. The van der Waals surface area contributed by atoms with Crippen LogP contribution < -0.4 is 5.32 Å². The van der Waals surface area contributed by atoms with Gasteiger partial charge in [0.15, 0.2) is 5.84 Å². The number of amidine groups is 2. The lowest BCUT2D eigenvalue weighted by Crippen LogP contribution is -2.36. The first kappa shape index (κ1) is 42.6. The van der Waals surface area contributed by atoms with Crippen LogP contribution in [0.1, 0.15) is 17.4 Å². The molecule has 15 rings (SSSR count). The smallest absolute Gasteiger partial charge is 0.204 e. The Hall–Kier alpha value is -10.0. The Labute approximate surface area is 433 Å². The summed E-state index contributed by atoms with van der Waals surface area (Å²) in [7, 11) is 0. The lowest BCUT2D eigenvalue weighted by Gasteiger charge is -2.26. The van der Waals surface area contributed by atoms with Gasteiger partial charge in [0.25, 0.3) is 0 Å². The van der Waals surface area contributed by atoms with Gasteiger partial charge >= 0.3 is 0 Å². The molecule has 1 unspecified atom stereocenters. The summed E-state index contributed by atoms with van der Waals surface area (Å²) in [6.45, 7) is 0. The van der Waals surface area contributed by atoms with Crippen LogP contribution in [0, 0.1) is 0 Å². The van der Waals surface area contributed by atoms with Crippen molar-refractivity contribution < 1.29 is 0 Å². The van der Waals surface area contributed by atoms with E-state index < -0.39 is 6.29 Å². The summed E-state index contributed by atoms with van der Waals surface area (Å²) in [6, 6.07) is 96.0. The summed E-state index contributed by atoms with van der Waals surface area (Å²) in [6.07, 6.45) is -0.593. The molecule has 0 saturated heterocycles. The molecule has 6 heteroatoms. The number of benzene rings is 11. The molecule has 6 nitrogen and oxygen atoms in total. The van der Waals surface area contributed by atoms with Gasteiger partial charge in [-0.2, -0.15) is 0 Å². The second-order valence-electron chi connectivity index (χ2n) is 19.3. The van der Waals surface area contributed by atoms with Crippen LogP contribution in [0.3, 0.4) is 0 Å². The maximum absolute atomic E-state index is 5.61. The van der Waals surface area contributed by atoms with Crippen molar-refractivity contribution in [1.29, 1.82) is 0 Å². The van der Waals surface area contributed by atoms with Crippen LogP contribution >= 0.6 is 0 Å². The van der Waals surface area contributed by atoms with E-state index >= 15 is 0 Å². The highest BCUT2D eigenvalue weighted by Gasteiger charge is 2.30. The second-order valence-corrected chi connectivity index (χ2v) is 19.3. The first-order valence-electron chi connectivity index (χ1n) is 25.6. The predicted molar refractivity (Wildman–Crippen MR) is 313 cm³/mol. The molecule has 3 aromatic heterocycles. The highest BCUT2D eigenvalue weighted by Crippen LogP contribution is 2.49. The van der Waals surface area contributed by atoms with Gasteiger partial charge in [0, 0.05) is 54.7 Å². The third-order valence-electron chi connectivity index (χ3n) is 15.1. The number of para-hydroxylation sites is 4. The fourth-order valence-electron chi connectivity index (χ4n) is 11.9. The molecular formula is C69H46N6. The molecule has 0 aliphatic carbocycles. The van der Waals surface area contributed by atoms with Crippen LogP contribution in [0.2, 0.25) is 0 Å². The highest BCUT2D eigenvalue weighted by molar-refractivity contribution is 6.26. The molecule has 352 valence electrons. The molecule has 1 atom stereocenters. The Morgan fingerprint density at radius 2 is 0.853 bits per heavy atom. The minimum absolute atomic E-state index is 0.593. The molecule has 1 N–H and O–H groups in total. The van der Waals surface area contributed by atoms with E-state index in [2.05, 4.69) is 280 Å². The SMILES string of the molecule is c1ccc(C2=NC(n3c4ccccc4c4ccc5c6ccccc6n(-c6cc(-c7ccccc7)c7c8ccccc8n(-c8ccccc8)c7c6-c6ccccc6)c5c43)NC(c3cccc(-c4ccccc4)c3)=N2)cc1. The summed E-state index contributed by atoms with van der Waals surface area (Å²) in [5.74, 6) is 1.42. The van der Waals surface area contributed by atoms with Gasteiger partial charge in [-0.1, -0.05) is 224 Å². The predicted octanol–water partition coefficient (Wildman–Crippen LogP) is 16.9. The lowest BCUT2D eigenvalue weighted by molar-refractivity contribution is 0.516. The molecular weight excluding hydrogens is 913 g/mol. The van der Waals surface area contributed by atoms with Gasteiger partial charge in [-0.3, -0.25) is 4.57 Å². The van der Waals surface area contributed by atoms with Crippen LogP contribution in [0.25, 0.3) is 110 Å². The van der Waals surface area contributed by atoms with E-state index in [-0.39, 0.29) is 0 Å². The van der Waals surface area contributed by atoms with Crippen molar-refractivity contribution in [2.75, 3.05) is 0 Å². The summed E-state index contributed by atoms with van der Waals surface area (Å²) in [5.41, 5.74) is 17.6. The van der Waals surface area contributed by atoms with Crippen molar-refractivity contribution in [1.82, 2.24) is 19.0 Å². The molecule has 11 aromatic carbocycles. The van der Waals surface area contributed by atoms with Crippen LogP contribution in [0.15, 0.2) is 277 Å². The molecule has 1 aliphatic rings. The first-order chi connectivity index (χ1) is 37.2. The molecule has 0 spiro atoms. The Morgan fingerprint density at radius 3 is 1.53 bits per heavy atom. The molecule has 0 fully saturated rings. The lowest BCUT2D eigenvalue weighted by atomic mass is 9.92. The van der Waals surface area contributed by atoms with Gasteiger partial charge in [0.1, 0.15) is 5.84 Å². The van der Waals surface area contributed by atoms with E-state index in [1.807, 2.05) is 6.07 Å². The standard InChI is InChI=1S/C69H46N6/c1-6-23-45(24-7-1)49-31-22-32-50(43-49)68-70-67(48-29-12-4-13-30-48)71-69(72-68)75-59-39-20-17-36-53(59)55-42-41-54-52-35-16-19-38-58(52)74(64(54)65(55)75)61-44-57(46-25-8-2-9-26-46)63-56-37-18-21-40-60(56)73(51-33-14-5-15-34-51)66(63)62(61)47-27-10-3-11-28-47/h1-44,69H,(H,70,71,72). The van der Waals surface area contributed by atoms with Crippen LogP contribution in [-0.2, 0) is 0 Å². The zero-order valence-electron chi connectivity index (χ0n) is 40.7. The molecule has 4 heterocycles. The first-order valence-corrected chi connectivity index (χ1v) is 25.6. The van der Waals surface area contributed by atoms with Gasteiger partial charge in [-0.15, -0.1) is 0 Å². The van der Waals surface area contributed by atoms with Gasteiger partial charge in [-0.05, 0) is 70.3 Å². The zero-order valence-corrected chi connectivity index (χ0v) is 40.7. The number of aromatic nitrogens is 3. The average Bonchev–Trinajstić information content (AvgIpc) is 4.14. The van der Waals surface area contributed by atoms with E-state index in [9.17, 15) is 0 Å². The fourth-order valence-corrected chi connectivity index (χ4v) is 11.9. The third-order valence-corrected chi connectivity index (χ3v) is 15.1. The van der Waals surface area contributed by atoms with Crippen LogP contribution in [0.4, 0.5) is 0 Å². The highest BCUT2D eigenvalue weighted by atomic mass is 15.3. The second kappa shape index (κ2) is 17.3. The number of hydrogen-bond acceptors (Lipinski definition) is 3. The summed E-state index contributed by atoms with van der Waals surface area (Å²) in [4.78, 5) is 10.9. The van der Waals surface area contributed by atoms with E-state index in [1.165, 1.54) is 16.2 Å². The van der Waals surface area contributed by atoms with E-state index in [4.69, 9.17) is 9.98 Å². The summed E-state index contributed by atoms with van der Waals surface area (Å²) >= 11 is 0. The van der Waals surface area contributed by atoms with Crippen molar-refractivity contribution in [3.8, 4) is 44.8 Å². The Balaban J connectivity index is 1.09. The van der Waals surface area contributed by atoms with Gasteiger partial charge in [-0.25, -0.2) is 9.98 Å². The number of hydrogen-bond donors (Lipinski definition) is 1. The minimum Gasteiger partial charge on any atom is -0.331 e. The van der Waals surface area contributed by atoms with Crippen molar-refractivity contribution in [3.05, 3.63) is 278 Å². The maximum Gasteiger partial charge on any atom is 0.204 e. The number of rotatable bonds is 8. The quantitative estimate of drug-likeness (QED) is 0.162. The van der Waals surface area contributed by atoms with Crippen LogP contribution in [-0.4, -0.2) is 25.4 Å². The van der Waals surface area contributed by atoms with Crippen molar-refractivity contribution in [2.24, 2.45) is 9.98 Å². The monoisotopic (exact) mass is 958 g/mol. The minimum atomic E-state index is -0.593. The Bertz CT molecular complexity index is 4590. The maximum atomic E-state index is 5.61. The van der Waals surface area contributed by atoms with E-state index in [0.29, 0.717) is 5.84 Å². The van der Waals surface area contributed by atoms with Crippen molar-refractivity contribution in [3.63, 3.8) is 0 Å². The van der Waals surface area contributed by atoms with Gasteiger partial charge in [0.05, 0.1) is 38.8 Å². The number of nitrogens with one attached hydrogen (secondary N) is 1. The number of fused-ring (bicyclic) bond motifs is 10. The fraction of sp³-hybridized carbons (Fsp3) is 0.0145. The summed E-state index contributed by atoms with van der Waals surface area (Å²) in [5, 5.41) is 10.9. The van der Waals surface area contributed by atoms with Crippen molar-refractivity contribution >= 4 is 77.1 Å². The number of nitrogens with zero attached hydrogens (tertiary/aromatic N) is 5. The van der Waals surface area contributed by atoms with E-state index in [0.717, 1.165) is 111 Å². The molecule has 0 saturated carbocycles. The van der Waals surface area contributed by atoms with Gasteiger partial charge < -0.3 is 14.5 Å². The molecule has 0 amide bonds. The number of aliphatic imine (C=N–C) groups is 2. The Kier molecular flexibility index (Phi) is 9.85. The van der Waals surface area contributed by atoms with Gasteiger partial charge in [0.2, 0.25) is 6.29 Å². The molecule has 75 heavy (non-hydrogen) atoms. The third kappa shape index (κ3) is 6.80. The zero-order chi connectivity index (χ0) is 49.4. The topological polar surface area (TPSA) is 51.5 Å².